The number of hydrogen-bond donors (Lipinski definition) is 3. The van der Waals surface area contributed by atoms with Crippen molar-refractivity contribution in [2.75, 3.05) is 32.8 Å². The van der Waals surface area contributed by atoms with Gasteiger partial charge < -0.3 is 15.4 Å². The summed E-state index contributed by atoms with van der Waals surface area (Å²) >= 11 is 0. The van der Waals surface area contributed by atoms with Gasteiger partial charge in [0.15, 0.2) is 0 Å². The largest absolute Gasteiger partial charge is 0.380 e. The lowest BCUT2D eigenvalue weighted by Crippen LogP contribution is -2.36. The lowest BCUT2D eigenvalue weighted by molar-refractivity contribution is 0.122. The van der Waals surface area contributed by atoms with Crippen LogP contribution in [0.5, 0.6) is 0 Å². The topological polar surface area (TPSA) is 62.0 Å². The van der Waals surface area contributed by atoms with Crippen molar-refractivity contribution in [1.82, 2.24) is 20.8 Å². The predicted octanol–water partition coefficient (Wildman–Crippen LogP) is 1.71. The molecule has 0 saturated carbocycles. The van der Waals surface area contributed by atoms with E-state index < -0.39 is 0 Å². The van der Waals surface area contributed by atoms with E-state index in [1.54, 1.807) is 0 Å². The molecule has 0 aliphatic carbocycles. The number of ether oxygens (including phenoxy) is 1. The number of para-hydroxylation sites is 1. The van der Waals surface area contributed by atoms with Crippen LogP contribution >= 0.6 is 0 Å². The maximum absolute atomic E-state index is 5.59. The van der Waals surface area contributed by atoms with E-state index in [-0.39, 0.29) is 0 Å². The minimum atomic E-state index is 0.491. The molecule has 3 rings (SSSR count). The molecule has 0 radical (unpaired) electrons. The fraction of sp³-hybridized carbons (Fsp3) is 0.588. The van der Waals surface area contributed by atoms with Crippen LogP contribution in [-0.4, -0.2) is 49.1 Å². The van der Waals surface area contributed by atoms with Crippen LogP contribution in [0.3, 0.4) is 0 Å². The molecule has 2 heterocycles. The van der Waals surface area contributed by atoms with Crippen LogP contribution in [0, 0.1) is 5.92 Å². The highest BCUT2D eigenvalue weighted by Gasteiger charge is 2.13. The summed E-state index contributed by atoms with van der Waals surface area (Å²) in [5.41, 5.74) is 2.29. The number of aromatic amines is 1. The molecule has 2 aromatic rings. The Kier molecular flexibility index (Phi) is 5.43. The zero-order valence-electron chi connectivity index (χ0n) is 13.3. The summed E-state index contributed by atoms with van der Waals surface area (Å²) in [6.45, 7) is 6.97. The third kappa shape index (κ3) is 4.06. The number of aryl methyl sites for hydroxylation is 1. The second kappa shape index (κ2) is 7.72. The average Bonchev–Trinajstić information content (AvgIpc) is 2.77. The van der Waals surface area contributed by atoms with E-state index in [1.807, 2.05) is 6.07 Å². The van der Waals surface area contributed by atoms with Gasteiger partial charge in [-0.3, -0.25) is 5.10 Å². The smallest absolute Gasteiger partial charge is 0.0923 e. The van der Waals surface area contributed by atoms with E-state index in [0.717, 1.165) is 51.2 Å². The molecule has 1 aromatic heterocycles. The first-order valence-electron chi connectivity index (χ1n) is 8.27. The highest BCUT2D eigenvalue weighted by molar-refractivity contribution is 5.81. The quantitative estimate of drug-likeness (QED) is 0.760. The first-order valence-corrected chi connectivity index (χ1v) is 8.27. The van der Waals surface area contributed by atoms with Gasteiger partial charge in [-0.25, -0.2) is 0 Å². The molecule has 1 aliphatic heterocycles. The molecule has 3 N–H and O–H groups in total. The Morgan fingerprint density at radius 2 is 2.32 bits per heavy atom. The summed E-state index contributed by atoms with van der Waals surface area (Å²) in [5.74, 6) is 0.568. The molecule has 120 valence electrons. The van der Waals surface area contributed by atoms with E-state index in [2.05, 4.69) is 46.0 Å². The van der Waals surface area contributed by atoms with Crippen LogP contribution < -0.4 is 10.6 Å². The van der Waals surface area contributed by atoms with Crippen molar-refractivity contribution in [1.29, 1.82) is 0 Å². The number of H-pyrrole nitrogens is 1. The van der Waals surface area contributed by atoms with Gasteiger partial charge in [-0.05, 0) is 25.8 Å². The van der Waals surface area contributed by atoms with Crippen molar-refractivity contribution >= 4 is 10.9 Å². The normalized spacial score (nSPS) is 20.9. The van der Waals surface area contributed by atoms with Crippen molar-refractivity contribution in [2.45, 2.75) is 25.8 Å². The number of hydrogen-bond acceptors (Lipinski definition) is 4. The maximum Gasteiger partial charge on any atom is 0.0923 e. The van der Waals surface area contributed by atoms with Gasteiger partial charge in [-0.1, -0.05) is 18.2 Å². The Hall–Kier alpha value is -1.43. The molecule has 22 heavy (non-hydrogen) atoms. The second-order valence-electron chi connectivity index (χ2n) is 6.21. The lowest BCUT2D eigenvalue weighted by atomic mass is 10.1. The van der Waals surface area contributed by atoms with E-state index in [0.29, 0.717) is 12.0 Å². The van der Waals surface area contributed by atoms with Gasteiger partial charge in [0.05, 0.1) is 18.7 Å². The number of fused-ring (bicyclic) bond motifs is 1. The van der Waals surface area contributed by atoms with Crippen LogP contribution in [0.1, 0.15) is 19.0 Å². The Morgan fingerprint density at radius 1 is 1.41 bits per heavy atom. The van der Waals surface area contributed by atoms with Gasteiger partial charge in [0, 0.05) is 42.7 Å². The summed E-state index contributed by atoms with van der Waals surface area (Å²) in [4.78, 5) is 0. The molecule has 0 bridgehead atoms. The molecule has 1 fully saturated rings. The van der Waals surface area contributed by atoms with Crippen molar-refractivity contribution < 1.29 is 4.74 Å². The first-order chi connectivity index (χ1) is 10.8. The van der Waals surface area contributed by atoms with Crippen molar-refractivity contribution in [3.63, 3.8) is 0 Å². The van der Waals surface area contributed by atoms with Crippen LogP contribution in [0.2, 0.25) is 0 Å². The Labute approximate surface area is 131 Å². The van der Waals surface area contributed by atoms with Crippen LogP contribution in [0.4, 0.5) is 0 Å². The van der Waals surface area contributed by atoms with Crippen molar-refractivity contribution in [2.24, 2.45) is 5.92 Å². The number of nitrogens with one attached hydrogen (secondary N) is 3. The predicted molar refractivity (Wildman–Crippen MR) is 89.1 cm³/mol. The van der Waals surface area contributed by atoms with Crippen molar-refractivity contribution in [3.8, 4) is 0 Å². The van der Waals surface area contributed by atoms with E-state index >= 15 is 0 Å². The second-order valence-corrected chi connectivity index (χ2v) is 6.21. The zero-order chi connectivity index (χ0) is 15.2. The summed E-state index contributed by atoms with van der Waals surface area (Å²) < 4.78 is 5.59. The summed E-state index contributed by atoms with van der Waals surface area (Å²) in [7, 11) is 0. The molecular weight excluding hydrogens is 276 g/mol. The number of aromatic nitrogens is 2. The van der Waals surface area contributed by atoms with E-state index in [4.69, 9.17) is 4.74 Å². The average molecular weight is 302 g/mol. The lowest BCUT2D eigenvalue weighted by Gasteiger charge is -2.19. The SMILES string of the molecule is CC(CCc1[nH]nc2ccccc12)NCC1CNCCOC1. The standard InChI is InChI=1S/C17H26N4O/c1-13(19-11-14-10-18-8-9-22-12-14)6-7-17-15-4-2-3-5-16(15)20-21-17/h2-5,13-14,18-19H,6-12H2,1H3,(H,20,21). The Morgan fingerprint density at radius 3 is 3.27 bits per heavy atom. The third-order valence-electron chi connectivity index (χ3n) is 4.33. The molecule has 1 aliphatic rings. The summed E-state index contributed by atoms with van der Waals surface area (Å²) in [6.07, 6.45) is 2.13. The third-order valence-corrected chi connectivity index (χ3v) is 4.33. The molecule has 2 atom stereocenters. The van der Waals surface area contributed by atoms with Crippen LogP contribution in [0.15, 0.2) is 24.3 Å². The van der Waals surface area contributed by atoms with Crippen LogP contribution in [-0.2, 0) is 11.2 Å². The molecule has 0 spiro atoms. The Balaban J connectivity index is 1.44. The van der Waals surface area contributed by atoms with E-state index in [9.17, 15) is 0 Å². The van der Waals surface area contributed by atoms with Crippen LogP contribution in [0.25, 0.3) is 10.9 Å². The fourth-order valence-corrected chi connectivity index (χ4v) is 2.93. The maximum atomic E-state index is 5.59. The zero-order valence-corrected chi connectivity index (χ0v) is 13.3. The molecular formula is C17H26N4O. The fourth-order valence-electron chi connectivity index (χ4n) is 2.93. The number of nitrogens with zero attached hydrogens (tertiary/aromatic N) is 1. The Bertz CT molecular complexity index is 575. The summed E-state index contributed by atoms with van der Waals surface area (Å²) in [6, 6.07) is 8.78. The minimum Gasteiger partial charge on any atom is -0.380 e. The molecule has 1 saturated heterocycles. The first kappa shape index (κ1) is 15.5. The molecule has 1 aromatic carbocycles. The number of benzene rings is 1. The monoisotopic (exact) mass is 302 g/mol. The highest BCUT2D eigenvalue weighted by atomic mass is 16.5. The van der Waals surface area contributed by atoms with Gasteiger partial charge in [0.1, 0.15) is 0 Å². The molecule has 5 heteroatoms. The van der Waals surface area contributed by atoms with Crippen molar-refractivity contribution in [3.05, 3.63) is 30.0 Å². The van der Waals surface area contributed by atoms with Gasteiger partial charge in [-0.15, -0.1) is 0 Å². The summed E-state index contributed by atoms with van der Waals surface area (Å²) in [5, 5.41) is 15.8. The van der Waals surface area contributed by atoms with Gasteiger partial charge in [-0.2, -0.15) is 5.10 Å². The number of rotatable bonds is 6. The molecule has 2 unspecified atom stereocenters. The minimum absolute atomic E-state index is 0.491. The molecule has 0 amide bonds. The van der Waals surface area contributed by atoms with E-state index in [1.165, 1.54) is 11.1 Å². The van der Waals surface area contributed by atoms with Gasteiger partial charge in [0.2, 0.25) is 0 Å². The molecule has 5 nitrogen and oxygen atoms in total. The highest BCUT2D eigenvalue weighted by Crippen LogP contribution is 2.16. The van der Waals surface area contributed by atoms with Gasteiger partial charge in [0.25, 0.3) is 0 Å². The van der Waals surface area contributed by atoms with Gasteiger partial charge >= 0.3 is 0 Å².